The minimum atomic E-state index is -0.761. The van der Waals surface area contributed by atoms with E-state index < -0.39 is 17.8 Å². The first-order chi connectivity index (χ1) is 15.9. The van der Waals surface area contributed by atoms with Crippen molar-refractivity contribution in [1.29, 1.82) is 0 Å². The highest BCUT2D eigenvalue weighted by Gasteiger charge is 2.36. The molecule has 1 fully saturated rings. The Morgan fingerprint density at radius 2 is 1.52 bits per heavy atom. The quantitative estimate of drug-likeness (QED) is 0.367. The van der Waals surface area contributed by atoms with E-state index in [0.29, 0.717) is 23.6 Å². The van der Waals surface area contributed by atoms with E-state index in [-0.39, 0.29) is 5.57 Å². The van der Waals surface area contributed by atoms with Crippen LogP contribution in [0.4, 0.5) is 10.5 Å². The van der Waals surface area contributed by atoms with Gasteiger partial charge in [0.25, 0.3) is 11.8 Å². The SMILES string of the molecule is CCc1ccc(N2C(=O)NC(=O)/C(=C/c3ccc(OCc4ccc(Br)cc4)cc3)C2=O)cc1. The van der Waals surface area contributed by atoms with Crippen LogP contribution in [0, 0.1) is 0 Å². The Bertz CT molecular complexity index is 1220. The van der Waals surface area contributed by atoms with Gasteiger partial charge >= 0.3 is 6.03 Å². The van der Waals surface area contributed by atoms with Gasteiger partial charge in [0.2, 0.25) is 0 Å². The molecule has 0 bridgehead atoms. The van der Waals surface area contributed by atoms with Crippen molar-refractivity contribution in [3.05, 3.63) is 99.5 Å². The van der Waals surface area contributed by atoms with E-state index in [2.05, 4.69) is 21.2 Å². The van der Waals surface area contributed by atoms with Crippen molar-refractivity contribution >= 4 is 45.5 Å². The number of nitrogens with one attached hydrogen (secondary N) is 1. The lowest BCUT2D eigenvalue weighted by atomic mass is 10.1. The number of imide groups is 2. The second-order valence-electron chi connectivity index (χ2n) is 7.46. The summed E-state index contributed by atoms with van der Waals surface area (Å²) in [6.07, 6.45) is 2.31. The highest BCUT2D eigenvalue weighted by molar-refractivity contribution is 9.10. The maximum atomic E-state index is 13.0. The standard InChI is InChI=1S/C26H21BrN2O4/c1-2-17-5-11-21(12-6-17)29-25(31)23(24(30)28-26(29)32)15-18-7-13-22(14-8-18)33-16-19-3-9-20(27)10-4-19/h3-15H,2,16H2,1H3,(H,28,30,32)/b23-15-. The number of nitrogens with zero attached hydrogens (tertiary/aromatic N) is 1. The Hall–Kier alpha value is -3.71. The number of carbonyl (C=O) groups is 3. The van der Waals surface area contributed by atoms with E-state index >= 15 is 0 Å². The fourth-order valence-electron chi connectivity index (χ4n) is 3.35. The van der Waals surface area contributed by atoms with E-state index in [0.717, 1.165) is 26.9 Å². The number of benzene rings is 3. The second kappa shape index (κ2) is 9.83. The summed E-state index contributed by atoms with van der Waals surface area (Å²) >= 11 is 3.40. The van der Waals surface area contributed by atoms with Crippen LogP contribution in [-0.2, 0) is 22.6 Å². The lowest BCUT2D eigenvalue weighted by molar-refractivity contribution is -0.122. The van der Waals surface area contributed by atoms with Gasteiger partial charge in [-0.3, -0.25) is 14.9 Å². The predicted molar refractivity (Wildman–Crippen MR) is 130 cm³/mol. The Labute approximate surface area is 200 Å². The zero-order chi connectivity index (χ0) is 23.4. The van der Waals surface area contributed by atoms with Gasteiger partial charge in [-0.05, 0) is 65.6 Å². The number of anilines is 1. The van der Waals surface area contributed by atoms with Gasteiger partial charge < -0.3 is 4.74 Å². The molecule has 1 aliphatic rings. The number of carbonyl (C=O) groups excluding carboxylic acids is 3. The number of aryl methyl sites for hydroxylation is 1. The minimum Gasteiger partial charge on any atom is -0.489 e. The number of halogens is 1. The lowest BCUT2D eigenvalue weighted by Crippen LogP contribution is -2.54. The topological polar surface area (TPSA) is 75.7 Å². The molecule has 33 heavy (non-hydrogen) atoms. The molecule has 0 spiro atoms. The van der Waals surface area contributed by atoms with E-state index in [9.17, 15) is 14.4 Å². The molecule has 6 nitrogen and oxygen atoms in total. The van der Waals surface area contributed by atoms with E-state index in [1.54, 1.807) is 36.4 Å². The van der Waals surface area contributed by atoms with Crippen molar-refractivity contribution in [3.63, 3.8) is 0 Å². The first-order valence-electron chi connectivity index (χ1n) is 10.4. The number of rotatable bonds is 6. The number of amides is 4. The van der Waals surface area contributed by atoms with Crippen LogP contribution in [0.25, 0.3) is 6.08 Å². The highest BCUT2D eigenvalue weighted by atomic mass is 79.9. The maximum Gasteiger partial charge on any atom is 0.335 e. The molecule has 0 aromatic heterocycles. The van der Waals surface area contributed by atoms with Gasteiger partial charge in [0.05, 0.1) is 5.69 Å². The smallest absolute Gasteiger partial charge is 0.335 e. The Morgan fingerprint density at radius 3 is 2.15 bits per heavy atom. The van der Waals surface area contributed by atoms with Gasteiger partial charge in [-0.15, -0.1) is 0 Å². The summed E-state index contributed by atoms with van der Waals surface area (Å²) in [6, 6.07) is 21.2. The van der Waals surface area contributed by atoms with Crippen LogP contribution >= 0.6 is 15.9 Å². The molecule has 1 saturated heterocycles. The van der Waals surface area contributed by atoms with Crippen LogP contribution in [0.15, 0.2) is 82.8 Å². The molecule has 166 valence electrons. The third-order valence-corrected chi connectivity index (χ3v) is 5.74. The fourth-order valence-corrected chi connectivity index (χ4v) is 3.61. The zero-order valence-electron chi connectivity index (χ0n) is 17.9. The van der Waals surface area contributed by atoms with Crippen molar-refractivity contribution in [1.82, 2.24) is 5.32 Å². The third kappa shape index (κ3) is 5.21. The van der Waals surface area contributed by atoms with Gasteiger partial charge in [0.15, 0.2) is 0 Å². The number of hydrogen-bond donors (Lipinski definition) is 1. The van der Waals surface area contributed by atoms with Gasteiger partial charge in [-0.25, -0.2) is 9.69 Å². The molecular formula is C26H21BrN2O4. The van der Waals surface area contributed by atoms with Gasteiger partial charge in [-0.1, -0.05) is 59.3 Å². The van der Waals surface area contributed by atoms with Crippen LogP contribution in [0.5, 0.6) is 5.75 Å². The van der Waals surface area contributed by atoms with Gasteiger partial charge in [0.1, 0.15) is 17.9 Å². The van der Waals surface area contributed by atoms with Crippen LogP contribution in [0.2, 0.25) is 0 Å². The molecule has 1 N–H and O–H groups in total. The van der Waals surface area contributed by atoms with Crippen LogP contribution in [0.3, 0.4) is 0 Å². The summed E-state index contributed by atoms with van der Waals surface area (Å²) in [4.78, 5) is 38.7. The molecule has 3 aromatic rings. The molecular weight excluding hydrogens is 484 g/mol. The largest absolute Gasteiger partial charge is 0.489 e. The summed E-state index contributed by atoms with van der Waals surface area (Å²) < 4.78 is 6.79. The summed E-state index contributed by atoms with van der Waals surface area (Å²) in [6.45, 7) is 2.44. The number of ether oxygens (including phenoxy) is 1. The number of barbiturate groups is 1. The number of hydrogen-bond acceptors (Lipinski definition) is 4. The molecule has 1 aliphatic heterocycles. The fraction of sp³-hybridized carbons (Fsp3) is 0.115. The molecule has 1 heterocycles. The van der Waals surface area contributed by atoms with Gasteiger partial charge in [0, 0.05) is 4.47 Å². The molecule has 4 rings (SSSR count). The molecule has 0 aliphatic carbocycles. The molecule has 0 radical (unpaired) electrons. The lowest BCUT2D eigenvalue weighted by Gasteiger charge is -2.26. The van der Waals surface area contributed by atoms with E-state index in [1.807, 2.05) is 43.3 Å². The summed E-state index contributed by atoms with van der Waals surface area (Å²) in [7, 11) is 0. The van der Waals surface area contributed by atoms with E-state index in [1.165, 1.54) is 6.08 Å². The Morgan fingerprint density at radius 1 is 0.879 bits per heavy atom. The Balaban J connectivity index is 1.50. The normalized spacial score (nSPS) is 15.0. The second-order valence-corrected chi connectivity index (χ2v) is 8.38. The minimum absolute atomic E-state index is 0.113. The monoisotopic (exact) mass is 504 g/mol. The highest BCUT2D eigenvalue weighted by Crippen LogP contribution is 2.23. The van der Waals surface area contributed by atoms with Crippen LogP contribution < -0.4 is 15.0 Å². The van der Waals surface area contributed by atoms with Crippen LogP contribution in [0.1, 0.15) is 23.6 Å². The van der Waals surface area contributed by atoms with Crippen molar-refractivity contribution in [3.8, 4) is 5.75 Å². The summed E-state index contributed by atoms with van der Waals surface area (Å²) in [5, 5.41) is 2.24. The van der Waals surface area contributed by atoms with Crippen molar-refractivity contribution in [2.24, 2.45) is 0 Å². The average Bonchev–Trinajstić information content (AvgIpc) is 2.82. The number of urea groups is 1. The van der Waals surface area contributed by atoms with Crippen LogP contribution in [-0.4, -0.2) is 17.8 Å². The van der Waals surface area contributed by atoms with Crippen molar-refractivity contribution < 1.29 is 19.1 Å². The van der Waals surface area contributed by atoms with E-state index in [4.69, 9.17) is 4.74 Å². The maximum absolute atomic E-state index is 13.0. The van der Waals surface area contributed by atoms with Gasteiger partial charge in [-0.2, -0.15) is 0 Å². The zero-order valence-corrected chi connectivity index (χ0v) is 19.5. The van der Waals surface area contributed by atoms with Crippen molar-refractivity contribution in [2.75, 3.05) is 4.90 Å². The first-order valence-corrected chi connectivity index (χ1v) is 11.2. The summed E-state index contributed by atoms with van der Waals surface area (Å²) in [5.74, 6) is -0.724. The Kier molecular flexibility index (Phi) is 6.70. The molecule has 0 unspecified atom stereocenters. The predicted octanol–water partition coefficient (Wildman–Crippen LogP) is 5.26. The molecule has 0 atom stereocenters. The molecule has 7 heteroatoms. The molecule has 4 amide bonds. The third-order valence-electron chi connectivity index (χ3n) is 5.21. The van der Waals surface area contributed by atoms with Crippen molar-refractivity contribution in [2.45, 2.75) is 20.0 Å². The molecule has 0 saturated carbocycles. The summed E-state index contributed by atoms with van der Waals surface area (Å²) in [5.41, 5.74) is 3.05. The first kappa shape index (κ1) is 22.5. The molecule has 3 aromatic carbocycles. The average molecular weight is 505 g/mol.